The molecule has 0 saturated carbocycles. The van der Waals surface area contributed by atoms with Gasteiger partial charge in [-0.15, -0.1) is 0 Å². The molecule has 0 atom stereocenters. The molecule has 0 bridgehead atoms. The van der Waals surface area contributed by atoms with E-state index in [1.54, 1.807) is 42.7 Å². The van der Waals surface area contributed by atoms with Gasteiger partial charge in [0.1, 0.15) is 0 Å². The standard InChI is InChI=1S/C27H22N4O2/c32-26(31-29-19-20-8-7-17-28-18-20)23-13-15-24(16-14-23)30-27(33)25(21-9-3-1-4-10-21)22-11-5-2-6-12-22/h1-19,25H,(H,30,33)(H,31,32)/b29-19-. The van der Waals surface area contributed by atoms with E-state index in [9.17, 15) is 9.59 Å². The van der Waals surface area contributed by atoms with Crippen LogP contribution in [0.2, 0.25) is 0 Å². The van der Waals surface area contributed by atoms with E-state index in [0.717, 1.165) is 16.7 Å². The molecule has 0 fully saturated rings. The molecule has 162 valence electrons. The fourth-order valence-corrected chi connectivity index (χ4v) is 3.39. The molecule has 0 aliphatic carbocycles. The molecule has 0 aliphatic heterocycles. The van der Waals surface area contributed by atoms with Crippen molar-refractivity contribution in [1.29, 1.82) is 0 Å². The zero-order valence-electron chi connectivity index (χ0n) is 17.8. The van der Waals surface area contributed by atoms with Gasteiger partial charge in [0, 0.05) is 29.2 Å². The average molecular weight is 434 g/mol. The van der Waals surface area contributed by atoms with Crippen molar-refractivity contribution >= 4 is 23.7 Å². The lowest BCUT2D eigenvalue weighted by molar-refractivity contribution is -0.116. The predicted molar refractivity (Wildman–Crippen MR) is 129 cm³/mol. The van der Waals surface area contributed by atoms with Crippen LogP contribution in [0.25, 0.3) is 0 Å². The van der Waals surface area contributed by atoms with Crippen molar-refractivity contribution in [2.75, 3.05) is 5.32 Å². The van der Waals surface area contributed by atoms with Crippen LogP contribution < -0.4 is 10.7 Å². The number of hydrazone groups is 1. The summed E-state index contributed by atoms with van der Waals surface area (Å²) in [5.74, 6) is -0.942. The number of carbonyl (C=O) groups is 2. The summed E-state index contributed by atoms with van der Waals surface area (Å²) in [5.41, 5.74) is 6.11. The van der Waals surface area contributed by atoms with Crippen LogP contribution in [0, 0.1) is 0 Å². The molecule has 2 amide bonds. The van der Waals surface area contributed by atoms with Crippen molar-refractivity contribution in [3.05, 3.63) is 132 Å². The van der Waals surface area contributed by atoms with Gasteiger partial charge in [-0.2, -0.15) is 5.10 Å². The van der Waals surface area contributed by atoms with Crippen molar-refractivity contribution in [3.8, 4) is 0 Å². The van der Waals surface area contributed by atoms with Gasteiger partial charge < -0.3 is 5.32 Å². The van der Waals surface area contributed by atoms with Gasteiger partial charge in [-0.25, -0.2) is 5.43 Å². The zero-order chi connectivity index (χ0) is 22.9. The maximum absolute atomic E-state index is 13.2. The highest BCUT2D eigenvalue weighted by molar-refractivity contribution is 5.99. The molecule has 0 radical (unpaired) electrons. The Labute approximate surface area is 192 Å². The zero-order valence-corrected chi connectivity index (χ0v) is 17.8. The number of nitrogens with zero attached hydrogens (tertiary/aromatic N) is 2. The van der Waals surface area contributed by atoms with E-state index in [4.69, 9.17) is 0 Å². The van der Waals surface area contributed by atoms with E-state index < -0.39 is 5.92 Å². The molecule has 33 heavy (non-hydrogen) atoms. The second kappa shape index (κ2) is 10.6. The fraction of sp³-hybridized carbons (Fsp3) is 0.0370. The molecule has 6 heteroatoms. The quantitative estimate of drug-likeness (QED) is 0.329. The van der Waals surface area contributed by atoms with E-state index in [2.05, 4.69) is 20.8 Å². The highest BCUT2D eigenvalue weighted by atomic mass is 16.2. The van der Waals surface area contributed by atoms with Crippen LogP contribution in [-0.4, -0.2) is 23.0 Å². The highest BCUT2D eigenvalue weighted by Gasteiger charge is 2.22. The third kappa shape index (κ3) is 5.77. The summed E-state index contributed by atoms with van der Waals surface area (Å²) in [5, 5.41) is 6.91. The van der Waals surface area contributed by atoms with E-state index >= 15 is 0 Å². The molecule has 0 saturated heterocycles. The lowest BCUT2D eigenvalue weighted by Crippen LogP contribution is -2.22. The van der Waals surface area contributed by atoms with Gasteiger partial charge in [0.25, 0.3) is 5.91 Å². The summed E-state index contributed by atoms with van der Waals surface area (Å²) in [6.07, 6.45) is 4.83. The Hall–Kier alpha value is -4.58. The topological polar surface area (TPSA) is 83.4 Å². The summed E-state index contributed by atoms with van der Waals surface area (Å²) in [6.45, 7) is 0. The van der Waals surface area contributed by atoms with Gasteiger partial charge in [0.2, 0.25) is 5.91 Å². The summed E-state index contributed by atoms with van der Waals surface area (Å²) < 4.78 is 0. The Morgan fingerprint density at radius 2 is 1.42 bits per heavy atom. The monoisotopic (exact) mass is 434 g/mol. The Morgan fingerprint density at radius 3 is 2.00 bits per heavy atom. The maximum atomic E-state index is 13.2. The van der Waals surface area contributed by atoms with E-state index in [0.29, 0.717) is 11.3 Å². The third-order valence-corrected chi connectivity index (χ3v) is 5.01. The first kappa shape index (κ1) is 21.6. The molecular formula is C27H22N4O2. The summed E-state index contributed by atoms with van der Waals surface area (Å²) >= 11 is 0. The first-order valence-corrected chi connectivity index (χ1v) is 10.4. The molecular weight excluding hydrogens is 412 g/mol. The van der Waals surface area contributed by atoms with Crippen LogP contribution >= 0.6 is 0 Å². The van der Waals surface area contributed by atoms with Crippen molar-refractivity contribution < 1.29 is 9.59 Å². The molecule has 4 rings (SSSR count). The summed E-state index contributed by atoms with van der Waals surface area (Å²) in [6, 6.07) is 29.6. The SMILES string of the molecule is O=C(N/N=C\c1cccnc1)c1ccc(NC(=O)C(c2ccccc2)c2ccccc2)cc1. The highest BCUT2D eigenvalue weighted by Crippen LogP contribution is 2.26. The predicted octanol–water partition coefficient (Wildman–Crippen LogP) is 4.62. The summed E-state index contributed by atoms with van der Waals surface area (Å²) in [4.78, 5) is 29.5. The number of amides is 2. The second-order valence-electron chi connectivity index (χ2n) is 7.31. The number of carbonyl (C=O) groups excluding carboxylic acids is 2. The van der Waals surface area contributed by atoms with Crippen molar-refractivity contribution in [1.82, 2.24) is 10.4 Å². The minimum Gasteiger partial charge on any atom is -0.325 e. The molecule has 6 nitrogen and oxygen atoms in total. The van der Waals surface area contributed by atoms with Crippen LogP contribution in [0.1, 0.15) is 33.0 Å². The minimum absolute atomic E-state index is 0.148. The molecule has 0 spiro atoms. The summed E-state index contributed by atoms with van der Waals surface area (Å²) in [7, 11) is 0. The molecule has 0 aliphatic rings. The van der Waals surface area contributed by atoms with Crippen LogP contribution in [-0.2, 0) is 4.79 Å². The number of benzene rings is 3. The van der Waals surface area contributed by atoms with Gasteiger partial charge in [-0.05, 0) is 41.5 Å². The van der Waals surface area contributed by atoms with E-state index in [-0.39, 0.29) is 11.8 Å². The number of nitrogens with one attached hydrogen (secondary N) is 2. The second-order valence-corrected chi connectivity index (χ2v) is 7.31. The minimum atomic E-state index is -0.447. The molecule has 3 aromatic carbocycles. The Morgan fingerprint density at radius 1 is 0.788 bits per heavy atom. The van der Waals surface area contributed by atoms with E-state index in [1.807, 2.05) is 66.7 Å². The Bertz CT molecular complexity index is 1190. The number of pyridine rings is 1. The van der Waals surface area contributed by atoms with Crippen LogP contribution in [0.4, 0.5) is 5.69 Å². The maximum Gasteiger partial charge on any atom is 0.271 e. The first-order valence-electron chi connectivity index (χ1n) is 10.4. The van der Waals surface area contributed by atoms with Gasteiger partial charge in [0.05, 0.1) is 12.1 Å². The van der Waals surface area contributed by atoms with Crippen molar-refractivity contribution in [2.45, 2.75) is 5.92 Å². The van der Waals surface area contributed by atoms with Gasteiger partial charge in [-0.1, -0.05) is 66.7 Å². The molecule has 1 heterocycles. The van der Waals surface area contributed by atoms with Crippen LogP contribution in [0.3, 0.4) is 0 Å². The number of aromatic nitrogens is 1. The third-order valence-electron chi connectivity index (χ3n) is 5.01. The van der Waals surface area contributed by atoms with Gasteiger partial charge in [-0.3, -0.25) is 14.6 Å². The lowest BCUT2D eigenvalue weighted by Gasteiger charge is -2.18. The van der Waals surface area contributed by atoms with Gasteiger partial charge in [0.15, 0.2) is 0 Å². The number of anilines is 1. The Balaban J connectivity index is 1.43. The van der Waals surface area contributed by atoms with E-state index in [1.165, 1.54) is 6.21 Å². The smallest absolute Gasteiger partial charge is 0.271 e. The normalized spacial score (nSPS) is 10.8. The van der Waals surface area contributed by atoms with Crippen molar-refractivity contribution in [2.24, 2.45) is 5.10 Å². The van der Waals surface area contributed by atoms with Crippen LogP contribution in [0.15, 0.2) is 115 Å². The molecule has 1 aromatic heterocycles. The number of rotatable bonds is 7. The lowest BCUT2D eigenvalue weighted by atomic mass is 9.90. The fourth-order valence-electron chi connectivity index (χ4n) is 3.39. The van der Waals surface area contributed by atoms with Crippen molar-refractivity contribution in [3.63, 3.8) is 0 Å². The molecule has 4 aromatic rings. The average Bonchev–Trinajstić information content (AvgIpc) is 2.86. The number of hydrogen-bond donors (Lipinski definition) is 2. The van der Waals surface area contributed by atoms with Gasteiger partial charge >= 0.3 is 0 Å². The molecule has 0 unspecified atom stereocenters. The molecule has 2 N–H and O–H groups in total. The number of hydrogen-bond acceptors (Lipinski definition) is 4. The Kier molecular flexibility index (Phi) is 6.98. The largest absolute Gasteiger partial charge is 0.325 e. The van der Waals surface area contributed by atoms with Crippen LogP contribution in [0.5, 0.6) is 0 Å². The first-order chi connectivity index (χ1) is 16.2.